The number of amides is 1. The van der Waals surface area contributed by atoms with Gasteiger partial charge in [0.05, 0.1) is 12.4 Å². The summed E-state index contributed by atoms with van der Waals surface area (Å²) in [6, 6.07) is 9.23. The third-order valence-electron chi connectivity index (χ3n) is 4.87. The number of aromatic nitrogens is 4. The smallest absolute Gasteiger partial charge is 0.332 e. The Morgan fingerprint density at radius 2 is 1.90 bits per heavy atom. The van der Waals surface area contributed by atoms with Crippen molar-refractivity contribution in [2.45, 2.75) is 12.6 Å². The number of halogens is 1. The fraction of sp³-hybridized carbons (Fsp3) is 0.200. The molecule has 0 saturated heterocycles. The van der Waals surface area contributed by atoms with Crippen molar-refractivity contribution in [3.8, 4) is 0 Å². The van der Waals surface area contributed by atoms with Gasteiger partial charge < -0.3 is 9.88 Å². The Morgan fingerprint density at radius 3 is 2.57 bits per heavy atom. The van der Waals surface area contributed by atoms with Gasteiger partial charge in [-0.1, -0.05) is 18.2 Å². The normalized spacial score (nSPS) is 12.2. The Balaban J connectivity index is 1.66. The molecule has 154 valence electrons. The number of nitrogens with one attached hydrogen (secondary N) is 1. The van der Waals surface area contributed by atoms with Crippen LogP contribution >= 0.6 is 11.3 Å². The minimum atomic E-state index is -0.522. The number of fused-ring (bicyclic) bond motifs is 1. The summed E-state index contributed by atoms with van der Waals surface area (Å²) in [5.41, 5.74) is 0.109. The summed E-state index contributed by atoms with van der Waals surface area (Å²) in [5.74, 6) is -0.714. The molecular weight excluding hydrogens is 409 g/mol. The maximum atomic E-state index is 13.3. The Kier molecular flexibility index (Phi) is 5.08. The first-order valence-electron chi connectivity index (χ1n) is 9.06. The molecule has 1 N–H and O–H groups in total. The highest BCUT2D eigenvalue weighted by molar-refractivity contribution is 7.10. The molecule has 0 fully saturated rings. The van der Waals surface area contributed by atoms with Crippen LogP contribution in [0.1, 0.15) is 16.5 Å². The molecule has 4 rings (SSSR count). The number of hydrogen-bond donors (Lipinski definition) is 1. The molecule has 0 spiro atoms. The van der Waals surface area contributed by atoms with Gasteiger partial charge in [0.2, 0.25) is 5.91 Å². The van der Waals surface area contributed by atoms with Gasteiger partial charge in [0.25, 0.3) is 5.56 Å². The first-order valence-corrected chi connectivity index (χ1v) is 9.94. The summed E-state index contributed by atoms with van der Waals surface area (Å²) < 4.78 is 17.0. The third-order valence-corrected chi connectivity index (χ3v) is 5.80. The summed E-state index contributed by atoms with van der Waals surface area (Å²) in [4.78, 5) is 42.5. The Labute approximate surface area is 173 Å². The molecule has 0 saturated carbocycles. The van der Waals surface area contributed by atoms with Gasteiger partial charge >= 0.3 is 5.69 Å². The monoisotopic (exact) mass is 427 g/mol. The van der Waals surface area contributed by atoms with Crippen LogP contribution in [0.5, 0.6) is 0 Å². The zero-order valence-corrected chi connectivity index (χ0v) is 17.0. The SMILES string of the molecule is Cn1c(=O)c2c(ncn2CC(=O)N[C@@H](c2ccc(F)cc2)c2cccs2)n(C)c1=O. The molecule has 30 heavy (non-hydrogen) atoms. The van der Waals surface area contributed by atoms with E-state index in [1.807, 2.05) is 17.5 Å². The lowest BCUT2D eigenvalue weighted by atomic mass is 10.1. The number of hydrogen-bond acceptors (Lipinski definition) is 5. The number of aryl methyl sites for hydroxylation is 1. The zero-order valence-electron chi connectivity index (χ0n) is 16.2. The number of benzene rings is 1. The van der Waals surface area contributed by atoms with Gasteiger partial charge in [-0.25, -0.2) is 14.2 Å². The van der Waals surface area contributed by atoms with E-state index in [2.05, 4.69) is 10.3 Å². The number of imidazole rings is 1. The fourth-order valence-electron chi connectivity index (χ4n) is 3.31. The van der Waals surface area contributed by atoms with Gasteiger partial charge in [-0.15, -0.1) is 11.3 Å². The van der Waals surface area contributed by atoms with Crippen LogP contribution in [0.15, 0.2) is 57.7 Å². The van der Waals surface area contributed by atoms with E-state index in [-0.39, 0.29) is 29.4 Å². The molecule has 0 aliphatic rings. The first-order chi connectivity index (χ1) is 14.4. The number of nitrogens with zero attached hydrogens (tertiary/aromatic N) is 4. The lowest BCUT2D eigenvalue weighted by Crippen LogP contribution is -2.38. The predicted molar refractivity (Wildman–Crippen MR) is 111 cm³/mol. The molecule has 1 atom stereocenters. The van der Waals surface area contributed by atoms with E-state index in [0.29, 0.717) is 0 Å². The molecule has 0 aliphatic carbocycles. The number of carbonyl (C=O) groups excluding carboxylic acids is 1. The molecule has 3 heterocycles. The van der Waals surface area contributed by atoms with Crippen molar-refractivity contribution < 1.29 is 9.18 Å². The average molecular weight is 427 g/mol. The second-order valence-electron chi connectivity index (χ2n) is 6.82. The first kappa shape index (κ1) is 19.8. The van der Waals surface area contributed by atoms with Crippen LogP contribution in [0.2, 0.25) is 0 Å². The van der Waals surface area contributed by atoms with Crippen molar-refractivity contribution in [3.63, 3.8) is 0 Å². The highest BCUT2D eigenvalue weighted by Gasteiger charge is 2.20. The molecule has 10 heteroatoms. The van der Waals surface area contributed by atoms with E-state index in [4.69, 9.17) is 0 Å². The molecule has 8 nitrogen and oxygen atoms in total. The van der Waals surface area contributed by atoms with Gasteiger partial charge in [0, 0.05) is 19.0 Å². The molecule has 0 radical (unpaired) electrons. The molecule has 3 aromatic heterocycles. The lowest BCUT2D eigenvalue weighted by Gasteiger charge is -2.18. The van der Waals surface area contributed by atoms with Crippen LogP contribution in [-0.4, -0.2) is 24.6 Å². The molecule has 0 aliphatic heterocycles. The molecule has 0 bridgehead atoms. The maximum Gasteiger partial charge on any atom is 0.332 e. The average Bonchev–Trinajstić information content (AvgIpc) is 3.40. The largest absolute Gasteiger partial charge is 0.343 e. The number of carbonyl (C=O) groups is 1. The van der Waals surface area contributed by atoms with Gasteiger partial charge in [0.15, 0.2) is 11.2 Å². The highest BCUT2D eigenvalue weighted by atomic mass is 32.1. The quantitative estimate of drug-likeness (QED) is 0.523. The summed E-state index contributed by atoms with van der Waals surface area (Å²) in [7, 11) is 2.89. The van der Waals surface area contributed by atoms with Crippen molar-refractivity contribution >= 4 is 28.4 Å². The van der Waals surface area contributed by atoms with E-state index >= 15 is 0 Å². The van der Waals surface area contributed by atoms with E-state index in [9.17, 15) is 18.8 Å². The topological polar surface area (TPSA) is 90.9 Å². The van der Waals surface area contributed by atoms with Crippen molar-refractivity contribution in [1.82, 2.24) is 24.0 Å². The fourth-order valence-corrected chi connectivity index (χ4v) is 4.11. The van der Waals surface area contributed by atoms with Gasteiger partial charge in [0.1, 0.15) is 12.4 Å². The summed E-state index contributed by atoms with van der Waals surface area (Å²) in [6.45, 7) is -0.160. The van der Waals surface area contributed by atoms with Crippen LogP contribution in [0.4, 0.5) is 4.39 Å². The van der Waals surface area contributed by atoms with Crippen LogP contribution in [0.3, 0.4) is 0 Å². The predicted octanol–water partition coefficient (Wildman–Crippen LogP) is 1.54. The summed E-state index contributed by atoms with van der Waals surface area (Å²) >= 11 is 1.47. The summed E-state index contributed by atoms with van der Waals surface area (Å²) in [6.07, 6.45) is 1.36. The van der Waals surface area contributed by atoms with E-state index < -0.39 is 17.3 Å². The number of thiophene rings is 1. The van der Waals surface area contributed by atoms with Crippen LogP contribution in [-0.2, 0) is 25.4 Å². The Hall–Kier alpha value is -3.53. The second-order valence-corrected chi connectivity index (χ2v) is 7.80. The molecule has 1 amide bonds. The molecule has 0 unspecified atom stereocenters. The Morgan fingerprint density at radius 1 is 1.17 bits per heavy atom. The number of rotatable bonds is 5. The standard InChI is InChI=1S/C20H18FN5O3S/c1-24-18-17(19(28)25(2)20(24)29)26(11-22-18)10-15(27)23-16(14-4-3-9-30-14)12-5-7-13(21)8-6-12/h3-9,11,16H,10H2,1-2H3,(H,23,27)/t16-/m0/s1. The van der Waals surface area contributed by atoms with E-state index in [0.717, 1.165) is 15.0 Å². The van der Waals surface area contributed by atoms with Crippen LogP contribution < -0.4 is 16.6 Å². The van der Waals surface area contributed by atoms with Crippen molar-refractivity contribution in [2.75, 3.05) is 0 Å². The summed E-state index contributed by atoms with van der Waals surface area (Å²) in [5, 5.41) is 4.84. The van der Waals surface area contributed by atoms with Crippen molar-refractivity contribution in [2.24, 2.45) is 14.1 Å². The van der Waals surface area contributed by atoms with Crippen molar-refractivity contribution in [1.29, 1.82) is 0 Å². The molecule has 4 aromatic rings. The van der Waals surface area contributed by atoms with E-state index in [1.54, 1.807) is 12.1 Å². The van der Waals surface area contributed by atoms with E-state index in [1.165, 1.54) is 53.0 Å². The van der Waals surface area contributed by atoms with Crippen molar-refractivity contribution in [3.05, 3.63) is 85.2 Å². The van der Waals surface area contributed by atoms with Gasteiger partial charge in [-0.05, 0) is 29.1 Å². The van der Waals surface area contributed by atoms with Crippen LogP contribution in [0, 0.1) is 5.82 Å². The van der Waals surface area contributed by atoms with Gasteiger partial charge in [-0.3, -0.25) is 18.7 Å². The second kappa shape index (κ2) is 7.71. The minimum Gasteiger partial charge on any atom is -0.343 e. The lowest BCUT2D eigenvalue weighted by molar-refractivity contribution is -0.122. The Bertz CT molecular complexity index is 1340. The minimum absolute atomic E-state index is 0.160. The van der Waals surface area contributed by atoms with Gasteiger partial charge in [-0.2, -0.15) is 0 Å². The molecular formula is C20H18FN5O3S. The maximum absolute atomic E-state index is 13.3. The third kappa shape index (κ3) is 3.45. The van der Waals surface area contributed by atoms with Crippen LogP contribution in [0.25, 0.3) is 11.2 Å². The highest BCUT2D eigenvalue weighted by Crippen LogP contribution is 2.26. The zero-order chi connectivity index (χ0) is 21.4. The molecule has 1 aromatic carbocycles.